The summed E-state index contributed by atoms with van der Waals surface area (Å²) in [5.41, 5.74) is 0.679. The molecule has 1 aliphatic heterocycles. The average Bonchev–Trinajstić information content (AvgIpc) is 2.69. The molecule has 0 unspecified atom stereocenters. The fourth-order valence-corrected chi connectivity index (χ4v) is 2.78. The molecule has 0 saturated carbocycles. The van der Waals surface area contributed by atoms with Crippen LogP contribution in [0.2, 0.25) is 0 Å². The number of piperidine rings is 1. The van der Waals surface area contributed by atoms with Crippen LogP contribution in [0.3, 0.4) is 0 Å². The summed E-state index contributed by atoms with van der Waals surface area (Å²) < 4.78 is 20.8. The Morgan fingerprint density at radius 3 is 2.15 bits per heavy atom. The number of benzene rings is 1. The first kappa shape index (κ1) is 19.6. The van der Waals surface area contributed by atoms with Gasteiger partial charge in [-0.15, -0.1) is 0 Å². The van der Waals surface area contributed by atoms with Crippen molar-refractivity contribution in [3.05, 3.63) is 23.8 Å². The molecule has 1 fully saturated rings. The van der Waals surface area contributed by atoms with Crippen LogP contribution in [0.5, 0.6) is 17.2 Å². The van der Waals surface area contributed by atoms with E-state index in [0.717, 1.165) is 32.4 Å². The number of methoxy groups -OCH3 is 3. The molecule has 1 aromatic carbocycles. The van der Waals surface area contributed by atoms with Gasteiger partial charge in [-0.3, -0.25) is 4.79 Å². The normalized spacial score (nSPS) is 14.2. The molecule has 1 heterocycles. The van der Waals surface area contributed by atoms with Gasteiger partial charge in [-0.25, -0.2) is 4.79 Å². The van der Waals surface area contributed by atoms with Crippen LogP contribution in [0.15, 0.2) is 18.2 Å². The molecule has 0 N–H and O–H groups in total. The van der Waals surface area contributed by atoms with Gasteiger partial charge in [-0.1, -0.05) is 0 Å². The zero-order valence-corrected chi connectivity index (χ0v) is 15.4. The summed E-state index contributed by atoms with van der Waals surface area (Å²) in [4.78, 5) is 25.6. The van der Waals surface area contributed by atoms with E-state index >= 15 is 0 Å². The molecule has 0 atom stereocenters. The Morgan fingerprint density at radius 2 is 1.62 bits per heavy atom. The van der Waals surface area contributed by atoms with Crippen molar-refractivity contribution in [1.29, 1.82) is 0 Å². The number of rotatable bonds is 7. The third-order valence-electron chi connectivity index (χ3n) is 4.15. The van der Waals surface area contributed by atoms with Gasteiger partial charge in [0.15, 0.2) is 18.1 Å². The highest BCUT2D eigenvalue weighted by Crippen LogP contribution is 2.38. The van der Waals surface area contributed by atoms with E-state index in [1.54, 1.807) is 23.1 Å². The van der Waals surface area contributed by atoms with Crippen LogP contribution in [0.4, 0.5) is 0 Å². The van der Waals surface area contributed by atoms with E-state index in [2.05, 4.69) is 0 Å². The topological polar surface area (TPSA) is 74.3 Å². The molecule has 1 aromatic rings. The van der Waals surface area contributed by atoms with E-state index in [-0.39, 0.29) is 12.5 Å². The van der Waals surface area contributed by atoms with Crippen molar-refractivity contribution in [1.82, 2.24) is 4.90 Å². The highest BCUT2D eigenvalue weighted by molar-refractivity contribution is 5.89. The van der Waals surface area contributed by atoms with Crippen molar-refractivity contribution < 1.29 is 28.5 Å². The molecule has 7 heteroatoms. The van der Waals surface area contributed by atoms with Gasteiger partial charge in [-0.05, 0) is 43.0 Å². The second-order valence-corrected chi connectivity index (χ2v) is 5.84. The van der Waals surface area contributed by atoms with Gasteiger partial charge in [0.1, 0.15) is 0 Å². The maximum atomic E-state index is 12.0. The van der Waals surface area contributed by atoms with Crippen LogP contribution in [-0.4, -0.2) is 57.8 Å². The Hall–Kier alpha value is -2.70. The predicted octanol–water partition coefficient (Wildman–Crippen LogP) is 2.28. The third-order valence-corrected chi connectivity index (χ3v) is 4.15. The largest absolute Gasteiger partial charge is 0.493 e. The summed E-state index contributed by atoms with van der Waals surface area (Å²) in [5.74, 6) is 0.713. The standard InChI is InChI=1S/C19H25NO6/c1-23-15-11-14(12-16(24-2)19(15)25-3)7-8-18(22)26-13-17(21)20-9-5-4-6-10-20/h7-8,11-12H,4-6,9-10,13H2,1-3H3. The second kappa shape index (κ2) is 9.70. The summed E-state index contributed by atoms with van der Waals surface area (Å²) in [5, 5.41) is 0. The van der Waals surface area contributed by atoms with Gasteiger partial charge in [-0.2, -0.15) is 0 Å². The number of nitrogens with zero attached hydrogens (tertiary/aromatic N) is 1. The molecule has 1 amide bonds. The number of hydrogen-bond acceptors (Lipinski definition) is 6. The van der Waals surface area contributed by atoms with Crippen LogP contribution in [0, 0.1) is 0 Å². The van der Waals surface area contributed by atoms with E-state index in [0.29, 0.717) is 22.8 Å². The number of amides is 1. The minimum Gasteiger partial charge on any atom is -0.493 e. The van der Waals surface area contributed by atoms with Crippen molar-refractivity contribution in [3.8, 4) is 17.2 Å². The minimum absolute atomic E-state index is 0.153. The van der Waals surface area contributed by atoms with E-state index in [9.17, 15) is 9.59 Å². The number of esters is 1. The molecule has 1 saturated heterocycles. The highest BCUT2D eigenvalue weighted by Gasteiger charge is 2.17. The lowest BCUT2D eigenvalue weighted by atomic mass is 10.1. The zero-order valence-electron chi connectivity index (χ0n) is 15.4. The molecule has 0 bridgehead atoms. The van der Waals surface area contributed by atoms with Crippen molar-refractivity contribution in [3.63, 3.8) is 0 Å². The minimum atomic E-state index is -0.580. The summed E-state index contributed by atoms with van der Waals surface area (Å²) in [6.07, 6.45) is 5.98. The molecule has 2 rings (SSSR count). The van der Waals surface area contributed by atoms with Crippen LogP contribution in [0.25, 0.3) is 6.08 Å². The monoisotopic (exact) mass is 363 g/mol. The van der Waals surface area contributed by atoms with Crippen LogP contribution in [0.1, 0.15) is 24.8 Å². The van der Waals surface area contributed by atoms with Gasteiger partial charge in [0.25, 0.3) is 5.91 Å². The quantitative estimate of drug-likeness (QED) is 0.547. The fourth-order valence-electron chi connectivity index (χ4n) is 2.78. The van der Waals surface area contributed by atoms with E-state index < -0.39 is 5.97 Å². The number of carbonyl (C=O) groups excluding carboxylic acids is 2. The van der Waals surface area contributed by atoms with E-state index in [1.165, 1.54) is 27.4 Å². The number of carbonyl (C=O) groups is 2. The first-order valence-electron chi connectivity index (χ1n) is 8.51. The molecule has 0 aliphatic carbocycles. The maximum absolute atomic E-state index is 12.0. The fraction of sp³-hybridized carbons (Fsp3) is 0.474. The Morgan fingerprint density at radius 1 is 1.00 bits per heavy atom. The molecule has 0 radical (unpaired) electrons. The zero-order chi connectivity index (χ0) is 18.9. The van der Waals surface area contributed by atoms with Crippen LogP contribution < -0.4 is 14.2 Å². The summed E-state index contributed by atoms with van der Waals surface area (Å²) in [6.45, 7) is 1.23. The molecule has 1 aliphatic rings. The Kier molecular flexibility index (Phi) is 7.32. The first-order valence-corrected chi connectivity index (χ1v) is 8.51. The van der Waals surface area contributed by atoms with Gasteiger partial charge in [0.2, 0.25) is 5.75 Å². The third kappa shape index (κ3) is 5.15. The first-order chi connectivity index (χ1) is 12.6. The molecule has 0 spiro atoms. The molecular weight excluding hydrogens is 338 g/mol. The summed E-state index contributed by atoms with van der Waals surface area (Å²) >= 11 is 0. The number of hydrogen-bond donors (Lipinski definition) is 0. The SMILES string of the molecule is COc1cc(C=CC(=O)OCC(=O)N2CCCCC2)cc(OC)c1OC. The second-order valence-electron chi connectivity index (χ2n) is 5.84. The Labute approximate surface area is 153 Å². The summed E-state index contributed by atoms with van der Waals surface area (Å²) in [7, 11) is 4.56. The van der Waals surface area contributed by atoms with Gasteiger partial charge < -0.3 is 23.8 Å². The highest BCUT2D eigenvalue weighted by atomic mass is 16.5. The van der Waals surface area contributed by atoms with Crippen LogP contribution >= 0.6 is 0 Å². The van der Waals surface area contributed by atoms with Gasteiger partial charge in [0, 0.05) is 19.2 Å². The Balaban J connectivity index is 1.95. The van der Waals surface area contributed by atoms with E-state index in [4.69, 9.17) is 18.9 Å². The number of ether oxygens (including phenoxy) is 4. The predicted molar refractivity (Wildman–Crippen MR) is 96.5 cm³/mol. The molecular formula is C19H25NO6. The van der Waals surface area contributed by atoms with E-state index in [1.807, 2.05) is 0 Å². The number of likely N-dealkylation sites (tertiary alicyclic amines) is 1. The van der Waals surface area contributed by atoms with Gasteiger partial charge >= 0.3 is 5.97 Å². The lowest BCUT2D eigenvalue weighted by Gasteiger charge is -2.26. The smallest absolute Gasteiger partial charge is 0.331 e. The molecule has 142 valence electrons. The Bertz CT molecular complexity index is 639. The van der Waals surface area contributed by atoms with Crippen molar-refractivity contribution >= 4 is 18.0 Å². The molecule has 26 heavy (non-hydrogen) atoms. The lowest BCUT2D eigenvalue weighted by Crippen LogP contribution is -2.38. The van der Waals surface area contributed by atoms with Crippen molar-refractivity contribution in [2.75, 3.05) is 41.0 Å². The molecule has 0 aromatic heterocycles. The van der Waals surface area contributed by atoms with Gasteiger partial charge in [0.05, 0.1) is 21.3 Å². The lowest BCUT2D eigenvalue weighted by molar-refractivity contribution is -0.148. The molecule has 7 nitrogen and oxygen atoms in total. The summed E-state index contributed by atoms with van der Waals surface area (Å²) in [6, 6.07) is 3.42. The van der Waals surface area contributed by atoms with Crippen molar-refractivity contribution in [2.45, 2.75) is 19.3 Å². The average molecular weight is 363 g/mol. The van der Waals surface area contributed by atoms with Crippen molar-refractivity contribution in [2.24, 2.45) is 0 Å². The maximum Gasteiger partial charge on any atom is 0.331 e. The van der Waals surface area contributed by atoms with Crippen LogP contribution in [-0.2, 0) is 14.3 Å².